The van der Waals surface area contributed by atoms with Crippen LogP contribution in [-0.4, -0.2) is 16.1 Å². The van der Waals surface area contributed by atoms with Gasteiger partial charge >= 0.3 is 0 Å². The van der Waals surface area contributed by atoms with E-state index < -0.39 is 22.4 Å². The fourth-order valence-electron chi connectivity index (χ4n) is 1.73. The maximum atomic E-state index is 10.6. The maximum absolute atomic E-state index is 10.6. The normalized spacial score (nSPS) is 22.0. The summed E-state index contributed by atoms with van der Waals surface area (Å²) in [5.41, 5.74) is 0.0494. The molecule has 5 heteroatoms. The number of nitro benzene ring substituents is 1. The second-order valence-electron chi connectivity index (χ2n) is 5.44. The summed E-state index contributed by atoms with van der Waals surface area (Å²) in [5, 5.41) is 10.6. The zero-order valence-electron chi connectivity index (χ0n) is 11.0. The largest absolute Gasteiger partial charge is 0.339 e. The lowest BCUT2D eigenvalue weighted by molar-refractivity contribution is -0.384. The van der Waals surface area contributed by atoms with E-state index >= 15 is 0 Å². The van der Waals surface area contributed by atoms with Gasteiger partial charge in [0, 0.05) is 17.7 Å². The van der Waals surface area contributed by atoms with Crippen molar-refractivity contribution in [3.05, 3.63) is 39.9 Å². The second-order valence-corrected chi connectivity index (χ2v) is 5.44. The molecule has 0 aliphatic carbocycles. The molecule has 0 atom stereocenters. The molecular formula is C13H17NO4. The van der Waals surface area contributed by atoms with Crippen molar-refractivity contribution in [2.24, 2.45) is 0 Å². The molecule has 0 amide bonds. The zero-order chi connectivity index (χ0) is 13.6. The monoisotopic (exact) mass is 251 g/mol. The molecule has 2 rings (SSSR count). The zero-order valence-corrected chi connectivity index (χ0v) is 11.0. The number of ether oxygens (including phenoxy) is 2. The van der Waals surface area contributed by atoms with Crippen LogP contribution >= 0.6 is 0 Å². The molecule has 0 aromatic heterocycles. The van der Waals surface area contributed by atoms with Gasteiger partial charge in [-0.25, -0.2) is 0 Å². The van der Waals surface area contributed by atoms with Crippen LogP contribution in [0.15, 0.2) is 24.3 Å². The predicted molar refractivity (Wildman–Crippen MR) is 66.2 cm³/mol. The van der Waals surface area contributed by atoms with Crippen molar-refractivity contribution in [3.8, 4) is 0 Å². The molecule has 1 aliphatic heterocycles. The molecule has 1 saturated heterocycles. The van der Waals surface area contributed by atoms with Crippen LogP contribution in [-0.2, 0) is 9.47 Å². The molecule has 1 aliphatic rings. The van der Waals surface area contributed by atoms with Crippen molar-refractivity contribution in [2.45, 2.75) is 45.2 Å². The van der Waals surface area contributed by atoms with Crippen molar-refractivity contribution in [1.29, 1.82) is 0 Å². The Morgan fingerprint density at radius 3 is 1.89 bits per heavy atom. The van der Waals surface area contributed by atoms with Crippen molar-refractivity contribution in [2.75, 3.05) is 0 Å². The Bertz CT molecular complexity index is 448. The van der Waals surface area contributed by atoms with Gasteiger partial charge in [-0.3, -0.25) is 10.1 Å². The number of benzene rings is 1. The van der Waals surface area contributed by atoms with Gasteiger partial charge in [0.25, 0.3) is 5.69 Å². The average molecular weight is 251 g/mol. The molecule has 98 valence electrons. The smallest absolute Gasteiger partial charge is 0.269 e. The molecule has 1 fully saturated rings. The summed E-state index contributed by atoms with van der Waals surface area (Å²) in [6.07, 6.45) is -0.476. The fourth-order valence-corrected chi connectivity index (χ4v) is 1.73. The summed E-state index contributed by atoms with van der Waals surface area (Å²) in [4.78, 5) is 10.2. The molecular weight excluding hydrogens is 234 g/mol. The molecule has 0 bridgehead atoms. The van der Waals surface area contributed by atoms with Gasteiger partial charge < -0.3 is 9.47 Å². The highest BCUT2D eigenvalue weighted by Crippen LogP contribution is 2.44. The highest BCUT2D eigenvalue weighted by Gasteiger charge is 2.49. The Morgan fingerprint density at radius 2 is 1.50 bits per heavy atom. The van der Waals surface area contributed by atoms with Gasteiger partial charge in [-0.2, -0.15) is 0 Å². The first-order chi connectivity index (χ1) is 8.23. The molecule has 0 saturated carbocycles. The van der Waals surface area contributed by atoms with Gasteiger partial charge in [-0.05, 0) is 39.8 Å². The van der Waals surface area contributed by atoms with Crippen molar-refractivity contribution in [1.82, 2.24) is 0 Å². The van der Waals surface area contributed by atoms with Gasteiger partial charge in [-0.15, -0.1) is 0 Å². The summed E-state index contributed by atoms with van der Waals surface area (Å²) >= 11 is 0. The lowest BCUT2D eigenvalue weighted by Gasteiger charge is -2.30. The van der Waals surface area contributed by atoms with Crippen LogP contribution < -0.4 is 0 Å². The third kappa shape index (κ3) is 2.11. The molecule has 18 heavy (non-hydrogen) atoms. The molecule has 0 unspecified atom stereocenters. The topological polar surface area (TPSA) is 61.6 Å². The van der Waals surface area contributed by atoms with Crippen LogP contribution in [0.3, 0.4) is 0 Å². The Kier molecular flexibility index (Phi) is 2.91. The van der Waals surface area contributed by atoms with Crippen LogP contribution in [0.25, 0.3) is 0 Å². The van der Waals surface area contributed by atoms with Crippen molar-refractivity contribution < 1.29 is 14.4 Å². The molecule has 1 aromatic rings. The van der Waals surface area contributed by atoms with E-state index in [1.807, 2.05) is 27.7 Å². The van der Waals surface area contributed by atoms with Gasteiger partial charge in [0.2, 0.25) is 0 Å². The van der Waals surface area contributed by atoms with E-state index in [-0.39, 0.29) is 5.69 Å². The van der Waals surface area contributed by atoms with E-state index in [0.29, 0.717) is 0 Å². The predicted octanol–water partition coefficient (Wildman–Crippen LogP) is 3.20. The number of nitrogens with zero attached hydrogens (tertiary/aromatic N) is 1. The van der Waals surface area contributed by atoms with Gasteiger partial charge in [0.1, 0.15) is 0 Å². The average Bonchev–Trinajstić information content (AvgIpc) is 2.48. The third-order valence-electron chi connectivity index (χ3n) is 3.63. The number of hydrogen-bond donors (Lipinski definition) is 0. The van der Waals surface area contributed by atoms with E-state index in [2.05, 4.69) is 0 Å². The fraction of sp³-hybridized carbons (Fsp3) is 0.538. The molecule has 0 spiro atoms. The van der Waals surface area contributed by atoms with Crippen LogP contribution in [0.5, 0.6) is 0 Å². The summed E-state index contributed by atoms with van der Waals surface area (Å²) in [6, 6.07) is 6.25. The maximum Gasteiger partial charge on any atom is 0.269 e. The van der Waals surface area contributed by atoms with Crippen LogP contribution in [0.4, 0.5) is 5.69 Å². The number of non-ortho nitro benzene ring substituents is 1. The van der Waals surface area contributed by atoms with Crippen LogP contribution in [0.1, 0.15) is 39.5 Å². The third-order valence-corrected chi connectivity index (χ3v) is 3.63. The highest BCUT2D eigenvalue weighted by molar-refractivity contribution is 5.33. The first kappa shape index (κ1) is 13.0. The number of hydrogen-bond acceptors (Lipinski definition) is 4. The van der Waals surface area contributed by atoms with Crippen molar-refractivity contribution >= 4 is 5.69 Å². The quantitative estimate of drug-likeness (QED) is 0.598. The summed E-state index contributed by atoms with van der Waals surface area (Å²) < 4.78 is 11.7. The van der Waals surface area contributed by atoms with E-state index in [1.165, 1.54) is 12.1 Å². The summed E-state index contributed by atoms with van der Waals surface area (Å²) in [6.45, 7) is 7.88. The molecule has 0 radical (unpaired) electrons. The summed E-state index contributed by atoms with van der Waals surface area (Å²) in [5.74, 6) is 0. The number of rotatable bonds is 2. The Hall–Kier alpha value is -1.46. The minimum Gasteiger partial charge on any atom is -0.339 e. The van der Waals surface area contributed by atoms with Crippen molar-refractivity contribution in [3.63, 3.8) is 0 Å². The minimum atomic E-state index is -0.476. The van der Waals surface area contributed by atoms with Crippen LogP contribution in [0, 0.1) is 10.1 Å². The molecule has 0 N–H and O–H groups in total. The first-order valence-corrected chi connectivity index (χ1v) is 5.83. The van der Waals surface area contributed by atoms with E-state index in [0.717, 1.165) is 5.56 Å². The van der Waals surface area contributed by atoms with E-state index in [1.54, 1.807) is 12.1 Å². The lowest BCUT2D eigenvalue weighted by Crippen LogP contribution is -2.41. The standard InChI is InChI=1S/C13H17NO4/c1-12(2)13(3,4)18-11(17-12)9-5-7-10(8-6-9)14(15)16/h5-8,11H,1-4H3. The summed E-state index contributed by atoms with van der Waals surface area (Å²) in [7, 11) is 0. The Labute approximate surface area is 106 Å². The SMILES string of the molecule is CC1(C)OC(c2ccc([N+](=O)[O-])cc2)OC1(C)C. The first-order valence-electron chi connectivity index (χ1n) is 5.83. The molecule has 1 aromatic carbocycles. The molecule has 1 heterocycles. The minimum absolute atomic E-state index is 0.0651. The Morgan fingerprint density at radius 1 is 1.06 bits per heavy atom. The number of nitro groups is 1. The van der Waals surface area contributed by atoms with E-state index in [9.17, 15) is 10.1 Å². The van der Waals surface area contributed by atoms with E-state index in [4.69, 9.17) is 9.47 Å². The highest BCUT2D eigenvalue weighted by atomic mass is 16.7. The van der Waals surface area contributed by atoms with Crippen LogP contribution in [0.2, 0.25) is 0 Å². The second kappa shape index (κ2) is 4.03. The Balaban J connectivity index is 2.22. The van der Waals surface area contributed by atoms with Gasteiger partial charge in [0.15, 0.2) is 6.29 Å². The van der Waals surface area contributed by atoms with Gasteiger partial charge in [0.05, 0.1) is 16.1 Å². The lowest BCUT2D eigenvalue weighted by atomic mass is 9.90. The molecule has 5 nitrogen and oxygen atoms in total. The van der Waals surface area contributed by atoms with Gasteiger partial charge in [-0.1, -0.05) is 0 Å².